The largest absolute Gasteiger partial charge is 0.490 e. The minimum absolute atomic E-state index is 0.528. The van der Waals surface area contributed by atoms with Gasteiger partial charge in [0.2, 0.25) is 0 Å². The van der Waals surface area contributed by atoms with Crippen molar-refractivity contribution in [3.63, 3.8) is 0 Å². The van der Waals surface area contributed by atoms with Gasteiger partial charge in [0.25, 0.3) is 0 Å². The van der Waals surface area contributed by atoms with E-state index in [2.05, 4.69) is 49.3 Å². The maximum atomic E-state index is 5.95. The zero-order chi connectivity index (χ0) is 15.2. The van der Waals surface area contributed by atoms with Crippen molar-refractivity contribution < 1.29 is 9.47 Å². The first-order valence-electron chi connectivity index (χ1n) is 6.60. The average molecular weight is 435 g/mol. The van der Waals surface area contributed by atoms with E-state index in [4.69, 9.17) is 9.47 Å². The minimum Gasteiger partial charge on any atom is -0.490 e. The first-order valence-corrected chi connectivity index (χ1v) is 9.01. The molecule has 0 atom stereocenters. The lowest BCUT2D eigenvalue weighted by molar-refractivity contribution is 0.269. The molecular formula is C15H17Br2NO2S. The molecule has 0 aliphatic rings. The van der Waals surface area contributed by atoms with E-state index in [0.29, 0.717) is 13.2 Å². The second-order valence-corrected chi connectivity index (χ2v) is 7.76. The van der Waals surface area contributed by atoms with Gasteiger partial charge in [-0.05, 0) is 75.7 Å². The summed E-state index contributed by atoms with van der Waals surface area (Å²) < 4.78 is 13.7. The summed E-state index contributed by atoms with van der Waals surface area (Å²) >= 11 is 8.71. The van der Waals surface area contributed by atoms with Crippen LogP contribution in [0.25, 0.3) is 0 Å². The van der Waals surface area contributed by atoms with Crippen molar-refractivity contribution in [2.24, 2.45) is 0 Å². The summed E-state index contributed by atoms with van der Waals surface area (Å²) in [5, 5.41) is 3.14. The Morgan fingerprint density at radius 3 is 2.62 bits per heavy atom. The van der Waals surface area contributed by atoms with Crippen LogP contribution in [-0.2, 0) is 13.2 Å². The van der Waals surface area contributed by atoms with Gasteiger partial charge < -0.3 is 14.8 Å². The molecule has 21 heavy (non-hydrogen) atoms. The van der Waals surface area contributed by atoms with Gasteiger partial charge in [-0.15, -0.1) is 11.3 Å². The molecule has 1 aromatic carbocycles. The number of hydrogen-bond acceptors (Lipinski definition) is 4. The molecule has 2 aromatic rings. The third kappa shape index (κ3) is 4.71. The van der Waals surface area contributed by atoms with E-state index in [0.717, 1.165) is 36.7 Å². The van der Waals surface area contributed by atoms with Crippen molar-refractivity contribution in [1.29, 1.82) is 0 Å². The molecule has 0 bridgehead atoms. The highest BCUT2D eigenvalue weighted by molar-refractivity contribution is 9.11. The number of benzene rings is 1. The molecule has 0 saturated carbocycles. The van der Waals surface area contributed by atoms with Crippen molar-refractivity contribution in [2.75, 3.05) is 13.7 Å². The molecule has 0 radical (unpaired) electrons. The summed E-state index contributed by atoms with van der Waals surface area (Å²) in [6, 6.07) is 8.15. The van der Waals surface area contributed by atoms with E-state index in [9.17, 15) is 0 Å². The molecule has 0 amide bonds. The Hall–Kier alpha value is -0.560. The molecule has 0 unspecified atom stereocenters. The van der Waals surface area contributed by atoms with Gasteiger partial charge in [0, 0.05) is 11.4 Å². The molecule has 0 fully saturated rings. The maximum Gasteiger partial charge on any atom is 0.175 e. The van der Waals surface area contributed by atoms with Gasteiger partial charge in [0.05, 0.1) is 14.9 Å². The number of hydrogen-bond donors (Lipinski definition) is 1. The monoisotopic (exact) mass is 433 g/mol. The fraction of sp³-hybridized carbons (Fsp3) is 0.333. The lowest BCUT2D eigenvalue weighted by Gasteiger charge is -2.15. The highest BCUT2D eigenvalue weighted by atomic mass is 79.9. The quantitative estimate of drug-likeness (QED) is 0.667. The number of rotatable bonds is 7. The van der Waals surface area contributed by atoms with Crippen molar-refractivity contribution in [1.82, 2.24) is 5.32 Å². The van der Waals surface area contributed by atoms with Gasteiger partial charge in [-0.3, -0.25) is 0 Å². The Labute approximate surface area is 145 Å². The highest BCUT2D eigenvalue weighted by Crippen LogP contribution is 2.38. The lowest BCUT2D eigenvalue weighted by Crippen LogP contribution is -2.06. The minimum atomic E-state index is 0.528. The Morgan fingerprint density at radius 1 is 1.19 bits per heavy atom. The van der Waals surface area contributed by atoms with Crippen LogP contribution in [0.2, 0.25) is 0 Å². The maximum absolute atomic E-state index is 5.95. The van der Waals surface area contributed by atoms with E-state index in [1.165, 1.54) is 0 Å². The van der Waals surface area contributed by atoms with Gasteiger partial charge in [-0.25, -0.2) is 0 Å². The molecule has 0 aliphatic carbocycles. The molecule has 1 heterocycles. The molecule has 0 spiro atoms. The van der Waals surface area contributed by atoms with Crippen molar-refractivity contribution in [2.45, 2.75) is 20.1 Å². The van der Waals surface area contributed by atoms with Crippen LogP contribution in [0.5, 0.6) is 11.5 Å². The van der Waals surface area contributed by atoms with Crippen molar-refractivity contribution in [3.05, 3.63) is 43.0 Å². The Balaban J connectivity index is 2.19. The predicted molar refractivity (Wildman–Crippen MR) is 94.4 cm³/mol. The molecular weight excluding hydrogens is 418 g/mol. The summed E-state index contributed by atoms with van der Waals surface area (Å²) in [7, 11) is 1.92. The second kappa shape index (κ2) is 8.17. The van der Waals surface area contributed by atoms with Crippen LogP contribution in [0.3, 0.4) is 0 Å². The summed E-state index contributed by atoms with van der Waals surface area (Å²) in [6.07, 6.45) is 0. The van der Waals surface area contributed by atoms with Gasteiger partial charge in [0.1, 0.15) is 6.61 Å². The van der Waals surface area contributed by atoms with Crippen LogP contribution in [0.1, 0.15) is 17.4 Å². The SMILES string of the molecule is CCOc1cc(CNC)cc(Br)c1OCc1ccc(Br)s1. The van der Waals surface area contributed by atoms with Crippen LogP contribution < -0.4 is 14.8 Å². The second-order valence-electron chi connectivity index (χ2n) is 4.36. The van der Waals surface area contributed by atoms with E-state index in [1.807, 2.05) is 26.1 Å². The Kier molecular flexibility index (Phi) is 6.54. The van der Waals surface area contributed by atoms with Crippen molar-refractivity contribution in [3.8, 4) is 11.5 Å². The lowest BCUT2D eigenvalue weighted by atomic mass is 10.2. The van der Waals surface area contributed by atoms with Crippen LogP contribution in [0.4, 0.5) is 0 Å². The Bertz CT molecular complexity index is 601. The fourth-order valence-corrected chi connectivity index (χ4v) is 3.90. The van der Waals surface area contributed by atoms with E-state index in [1.54, 1.807) is 11.3 Å². The summed E-state index contributed by atoms with van der Waals surface area (Å²) in [6.45, 7) is 3.90. The molecule has 3 nitrogen and oxygen atoms in total. The van der Waals surface area contributed by atoms with Gasteiger partial charge >= 0.3 is 0 Å². The molecule has 1 aromatic heterocycles. The average Bonchev–Trinajstić information content (AvgIpc) is 2.84. The molecule has 1 N–H and O–H groups in total. The molecule has 2 rings (SSSR count). The van der Waals surface area contributed by atoms with E-state index >= 15 is 0 Å². The standard InChI is InChI=1S/C15H17Br2NO2S/c1-3-19-13-7-10(8-18-2)6-12(16)15(13)20-9-11-4-5-14(17)21-11/h4-7,18H,3,8-9H2,1-2H3. The van der Waals surface area contributed by atoms with Crippen molar-refractivity contribution >= 4 is 43.2 Å². The van der Waals surface area contributed by atoms with E-state index in [-0.39, 0.29) is 0 Å². The number of nitrogens with one attached hydrogen (secondary N) is 1. The molecule has 114 valence electrons. The summed E-state index contributed by atoms with van der Waals surface area (Å²) in [5.74, 6) is 1.52. The van der Waals surface area contributed by atoms with Crippen LogP contribution in [-0.4, -0.2) is 13.7 Å². The fourth-order valence-electron chi connectivity index (χ4n) is 1.90. The third-order valence-electron chi connectivity index (χ3n) is 2.74. The van der Waals surface area contributed by atoms with E-state index < -0.39 is 0 Å². The molecule has 0 saturated heterocycles. The first-order chi connectivity index (χ1) is 10.1. The topological polar surface area (TPSA) is 30.5 Å². The number of thiophene rings is 1. The zero-order valence-corrected chi connectivity index (χ0v) is 15.9. The normalized spacial score (nSPS) is 10.7. The highest BCUT2D eigenvalue weighted by Gasteiger charge is 2.13. The smallest absolute Gasteiger partial charge is 0.175 e. The number of ether oxygens (including phenoxy) is 2. The van der Waals surface area contributed by atoms with Crippen LogP contribution >= 0.6 is 43.2 Å². The van der Waals surface area contributed by atoms with Crippen LogP contribution in [0, 0.1) is 0 Å². The first kappa shape index (κ1) is 16.8. The number of halogens is 2. The molecule has 0 aliphatic heterocycles. The predicted octanol–water partition coefficient (Wildman–Crippen LogP) is 4.97. The Morgan fingerprint density at radius 2 is 2.00 bits per heavy atom. The van der Waals surface area contributed by atoms with Gasteiger partial charge in [-0.2, -0.15) is 0 Å². The zero-order valence-electron chi connectivity index (χ0n) is 11.9. The third-order valence-corrected chi connectivity index (χ3v) is 4.92. The molecule has 6 heteroatoms. The van der Waals surface area contributed by atoms with Crippen LogP contribution in [0.15, 0.2) is 32.5 Å². The van der Waals surface area contributed by atoms with Gasteiger partial charge in [-0.1, -0.05) is 0 Å². The summed E-state index contributed by atoms with van der Waals surface area (Å²) in [5.41, 5.74) is 1.15. The summed E-state index contributed by atoms with van der Waals surface area (Å²) in [4.78, 5) is 1.16. The van der Waals surface area contributed by atoms with Gasteiger partial charge in [0.15, 0.2) is 11.5 Å².